The summed E-state index contributed by atoms with van der Waals surface area (Å²) in [6, 6.07) is 30.6. The lowest BCUT2D eigenvalue weighted by molar-refractivity contribution is -0.138. The number of fused-ring (bicyclic) bond motifs is 5. The standard InChI is InChI=1S/C36H22F6/c37-35(38,39)29-13-5-23(6-14-29)1-3-25-9-17-31-27(21-25)11-19-34-32-18-10-26(22-28(32)12-20-33(31)34)4-2-24-7-15-30(16-8-24)36(40,41)42/h1-22H/b3-1+,4-2+. The fourth-order valence-electron chi connectivity index (χ4n) is 5.08. The van der Waals surface area contributed by atoms with Crippen LogP contribution in [0.5, 0.6) is 0 Å². The van der Waals surface area contributed by atoms with Gasteiger partial charge in [0, 0.05) is 0 Å². The van der Waals surface area contributed by atoms with Crippen LogP contribution in [-0.4, -0.2) is 0 Å². The molecule has 0 radical (unpaired) electrons. The molecule has 0 saturated carbocycles. The van der Waals surface area contributed by atoms with E-state index in [0.717, 1.165) is 67.7 Å². The maximum absolute atomic E-state index is 12.8. The Balaban J connectivity index is 1.25. The van der Waals surface area contributed by atoms with Gasteiger partial charge < -0.3 is 0 Å². The van der Waals surface area contributed by atoms with E-state index >= 15 is 0 Å². The highest BCUT2D eigenvalue weighted by Gasteiger charge is 2.30. The van der Waals surface area contributed by atoms with Crippen molar-refractivity contribution in [2.24, 2.45) is 0 Å². The van der Waals surface area contributed by atoms with Crippen molar-refractivity contribution in [1.82, 2.24) is 0 Å². The number of halogens is 6. The van der Waals surface area contributed by atoms with Crippen molar-refractivity contribution in [2.75, 3.05) is 0 Å². The number of rotatable bonds is 4. The summed E-state index contributed by atoms with van der Waals surface area (Å²) in [6.07, 6.45) is -1.36. The summed E-state index contributed by atoms with van der Waals surface area (Å²) >= 11 is 0. The van der Waals surface area contributed by atoms with E-state index in [1.807, 2.05) is 24.3 Å². The van der Waals surface area contributed by atoms with Crippen molar-refractivity contribution in [3.8, 4) is 0 Å². The molecule has 6 rings (SSSR count). The van der Waals surface area contributed by atoms with Crippen molar-refractivity contribution in [3.63, 3.8) is 0 Å². The van der Waals surface area contributed by atoms with Crippen LogP contribution >= 0.6 is 0 Å². The maximum Gasteiger partial charge on any atom is 0.416 e. The van der Waals surface area contributed by atoms with Gasteiger partial charge in [0.05, 0.1) is 11.1 Å². The predicted molar refractivity (Wildman–Crippen MR) is 160 cm³/mol. The fraction of sp³-hybridized carbons (Fsp3) is 0.0556. The minimum Gasteiger partial charge on any atom is -0.166 e. The lowest BCUT2D eigenvalue weighted by atomic mass is 9.95. The molecule has 0 saturated heterocycles. The van der Waals surface area contributed by atoms with Crippen molar-refractivity contribution < 1.29 is 26.3 Å². The number of hydrogen-bond acceptors (Lipinski definition) is 0. The molecule has 0 unspecified atom stereocenters. The molecule has 42 heavy (non-hydrogen) atoms. The summed E-state index contributed by atoms with van der Waals surface area (Å²) < 4.78 is 76.9. The maximum atomic E-state index is 12.8. The average Bonchev–Trinajstić information content (AvgIpc) is 2.98. The largest absolute Gasteiger partial charge is 0.416 e. The van der Waals surface area contributed by atoms with E-state index in [9.17, 15) is 26.3 Å². The van der Waals surface area contributed by atoms with Gasteiger partial charge in [-0.2, -0.15) is 26.3 Å². The first-order valence-corrected chi connectivity index (χ1v) is 13.1. The molecule has 6 aromatic rings. The Morgan fingerprint density at radius 2 is 0.643 bits per heavy atom. The molecule has 0 spiro atoms. The highest BCUT2D eigenvalue weighted by molar-refractivity contribution is 6.17. The second-order valence-corrected chi connectivity index (χ2v) is 10.1. The Bertz CT molecular complexity index is 1830. The molecular weight excluding hydrogens is 546 g/mol. The van der Waals surface area contributed by atoms with Crippen molar-refractivity contribution in [2.45, 2.75) is 12.4 Å². The Kier molecular flexibility index (Phi) is 6.85. The topological polar surface area (TPSA) is 0 Å². The molecule has 0 aliphatic carbocycles. The van der Waals surface area contributed by atoms with Gasteiger partial charge in [-0.05, 0) is 91.0 Å². The zero-order valence-corrected chi connectivity index (χ0v) is 22.0. The number of alkyl halides is 6. The SMILES string of the molecule is FC(F)(F)c1ccc(/C=C/c2ccc3c(ccc4c5ccc(/C=C/c6ccc(C(F)(F)F)cc6)cc5ccc34)c2)cc1. The summed E-state index contributed by atoms with van der Waals surface area (Å²) in [7, 11) is 0. The monoisotopic (exact) mass is 568 g/mol. The third-order valence-corrected chi connectivity index (χ3v) is 7.29. The molecule has 0 heterocycles. The van der Waals surface area contributed by atoms with Crippen LogP contribution in [0, 0.1) is 0 Å². The fourth-order valence-corrected chi connectivity index (χ4v) is 5.08. The van der Waals surface area contributed by atoms with Gasteiger partial charge in [0.15, 0.2) is 0 Å². The quantitative estimate of drug-likeness (QED) is 0.113. The molecule has 6 heteroatoms. The first-order valence-electron chi connectivity index (χ1n) is 13.1. The predicted octanol–water partition coefficient (Wildman–Crippen LogP) is 11.5. The molecule has 208 valence electrons. The highest BCUT2D eigenvalue weighted by Crippen LogP contribution is 2.34. The van der Waals surface area contributed by atoms with E-state index in [1.165, 1.54) is 24.3 Å². The van der Waals surface area contributed by atoms with E-state index in [4.69, 9.17) is 0 Å². The van der Waals surface area contributed by atoms with Gasteiger partial charge in [-0.1, -0.05) is 97.1 Å². The summed E-state index contributed by atoms with van der Waals surface area (Å²) in [4.78, 5) is 0. The Morgan fingerprint density at radius 3 is 1.00 bits per heavy atom. The molecule has 6 aromatic carbocycles. The van der Waals surface area contributed by atoms with Gasteiger partial charge in [-0.15, -0.1) is 0 Å². The van der Waals surface area contributed by atoms with Crippen LogP contribution in [0.1, 0.15) is 33.4 Å². The minimum absolute atomic E-state index is 0.671. The normalized spacial score (nSPS) is 12.8. The molecule has 0 N–H and O–H groups in total. The molecule has 0 aliphatic heterocycles. The third-order valence-electron chi connectivity index (χ3n) is 7.29. The summed E-state index contributed by atoms with van der Waals surface area (Å²) in [6.45, 7) is 0. The van der Waals surface area contributed by atoms with Gasteiger partial charge in [-0.3, -0.25) is 0 Å². The molecule has 0 aromatic heterocycles. The first-order chi connectivity index (χ1) is 20.0. The van der Waals surface area contributed by atoms with E-state index in [1.54, 1.807) is 12.2 Å². The summed E-state index contributed by atoms with van der Waals surface area (Å²) in [5.74, 6) is 0. The van der Waals surface area contributed by atoms with E-state index in [2.05, 4.69) is 48.5 Å². The number of hydrogen-bond donors (Lipinski definition) is 0. The van der Waals surface area contributed by atoms with Gasteiger partial charge >= 0.3 is 12.4 Å². The van der Waals surface area contributed by atoms with E-state index in [0.29, 0.717) is 11.1 Å². The van der Waals surface area contributed by atoms with Crippen molar-refractivity contribution in [3.05, 3.63) is 143 Å². The first kappa shape index (κ1) is 27.3. The van der Waals surface area contributed by atoms with Crippen LogP contribution < -0.4 is 0 Å². The highest BCUT2D eigenvalue weighted by atomic mass is 19.4. The lowest BCUT2D eigenvalue weighted by Gasteiger charge is -2.09. The zero-order chi connectivity index (χ0) is 29.5. The zero-order valence-electron chi connectivity index (χ0n) is 22.0. The lowest BCUT2D eigenvalue weighted by Crippen LogP contribution is -2.03. The molecular formula is C36H22F6. The van der Waals surface area contributed by atoms with Crippen molar-refractivity contribution >= 4 is 56.6 Å². The summed E-state index contributed by atoms with van der Waals surface area (Å²) in [5.41, 5.74) is 1.90. The molecule has 0 nitrogen and oxygen atoms in total. The smallest absolute Gasteiger partial charge is 0.166 e. The summed E-state index contributed by atoms with van der Waals surface area (Å²) in [5, 5.41) is 6.48. The molecule has 0 atom stereocenters. The second kappa shape index (κ2) is 10.5. The van der Waals surface area contributed by atoms with Crippen LogP contribution in [-0.2, 0) is 12.4 Å². The van der Waals surface area contributed by atoms with Crippen molar-refractivity contribution in [1.29, 1.82) is 0 Å². The van der Waals surface area contributed by atoms with Gasteiger partial charge in [0.1, 0.15) is 0 Å². The molecule has 0 amide bonds. The Morgan fingerprint density at radius 1 is 0.333 bits per heavy atom. The van der Waals surface area contributed by atoms with Gasteiger partial charge in [0.2, 0.25) is 0 Å². The average molecular weight is 569 g/mol. The molecule has 0 aliphatic rings. The Hall–Kier alpha value is -4.84. The van der Waals surface area contributed by atoms with Crippen LogP contribution in [0.15, 0.2) is 109 Å². The second-order valence-electron chi connectivity index (χ2n) is 10.1. The molecule has 0 fully saturated rings. The molecule has 0 bridgehead atoms. The van der Waals surface area contributed by atoms with Gasteiger partial charge in [-0.25, -0.2) is 0 Å². The van der Waals surface area contributed by atoms with Crippen LogP contribution in [0.4, 0.5) is 26.3 Å². The minimum atomic E-state index is -4.35. The van der Waals surface area contributed by atoms with Crippen LogP contribution in [0.2, 0.25) is 0 Å². The Labute approximate surface area is 237 Å². The third kappa shape index (κ3) is 5.66. The van der Waals surface area contributed by atoms with E-state index in [-0.39, 0.29) is 0 Å². The van der Waals surface area contributed by atoms with Crippen LogP contribution in [0.25, 0.3) is 56.6 Å². The van der Waals surface area contributed by atoms with Gasteiger partial charge in [0.25, 0.3) is 0 Å². The van der Waals surface area contributed by atoms with Crippen LogP contribution in [0.3, 0.4) is 0 Å². The number of benzene rings is 6. The van der Waals surface area contributed by atoms with E-state index < -0.39 is 23.5 Å².